The average Bonchev–Trinajstić information content (AvgIpc) is 2.70. The molecule has 28 heavy (non-hydrogen) atoms. The van der Waals surface area contributed by atoms with Crippen LogP contribution in [0.15, 0.2) is 60.7 Å². The molecule has 1 amide bonds. The van der Waals surface area contributed by atoms with Crippen molar-refractivity contribution in [2.24, 2.45) is 0 Å². The van der Waals surface area contributed by atoms with Gasteiger partial charge in [-0.1, -0.05) is 41.4 Å². The second-order valence-electron chi connectivity index (χ2n) is 6.16. The van der Waals surface area contributed by atoms with Gasteiger partial charge in [0.05, 0.1) is 12.8 Å². The molecule has 1 N–H and O–H groups in total. The summed E-state index contributed by atoms with van der Waals surface area (Å²) in [7, 11) is 1.53. The fraction of sp³-hybridized carbons (Fsp3) is 0.136. The lowest BCUT2D eigenvalue weighted by molar-refractivity contribution is 0.102. The van der Waals surface area contributed by atoms with E-state index in [9.17, 15) is 4.79 Å². The fourth-order valence-corrected chi connectivity index (χ4v) is 2.95. The SMILES string of the molecule is COc1cc(Cl)c(C)cc1NC(=O)c1ccc(OCc2ccccc2Cl)cc1. The first-order valence-electron chi connectivity index (χ1n) is 8.59. The summed E-state index contributed by atoms with van der Waals surface area (Å²) in [4.78, 5) is 12.6. The van der Waals surface area contributed by atoms with Gasteiger partial charge < -0.3 is 14.8 Å². The van der Waals surface area contributed by atoms with Gasteiger partial charge in [-0.3, -0.25) is 4.79 Å². The van der Waals surface area contributed by atoms with Crippen LogP contribution in [0, 0.1) is 6.92 Å². The van der Waals surface area contributed by atoms with Gasteiger partial charge in [0.1, 0.15) is 18.1 Å². The van der Waals surface area contributed by atoms with Gasteiger partial charge in [0.25, 0.3) is 5.91 Å². The highest BCUT2D eigenvalue weighted by Gasteiger charge is 2.12. The number of rotatable bonds is 6. The van der Waals surface area contributed by atoms with E-state index >= 15 is 0 Å². The van der Waals surface area contributed by atoms with E-state index in [-0.39, 0.29) is 5.91 Å². The van der Waals surface area contributed by atoms with Crippen LogP contribution in [0.1, 0.15) is 21.5 Å². The Kier molecular flexibility index (Phi) is 6.45. The summed E-state index contributed by atoms with van der Waals surface area (Å²) in [5, 5.41) is 4.09. The molecule has 6 heteroatoms. The summed E-state index contributed by atoms with van der Waals surface area (Å²) < 4.78 is 11.0. The van der Waals surface area contributed by atoms with Crippen molar-refractivity contribution in [3.05, 3.63) is 87.4 Å². The zero-order valence-electron chi connectivity index (χ0n) is 15.5. The van der Waals surface area contributed by atoms with Crippen LogP contribution in [0.2, 0.25) is 10.0 Å². The summed E-state index contributed by atoms with van der Waals surface area (Å²) in [5.74, 6) is 0.901. The number of anilines is 1. The summed E-state index contributed by atoms with van der Waals surface area (Å²) >= 11 is 12.2. The van der Waals surface area contributed by atoms with Gasteiger partial charge in [-0.25, -0.2) is 0 Å². The molecule has 144 valence electrons. The second-order valence-corrected chi connectivity index (χ2v) is 6.97. The smallest absolute Gasteiger partial charge is 0.255 e. The normalized spacial score (nSPS) is 10.4. The third-order valence-electron chi connectivity index (χ3n) is 4.20. The van der Waals surface area contributed by atoms with Crippen LogP contribution in [0.5, 0.6) is 11.5 Å². The zero-order valence-corrected chi connectivity index (χ0v) is 17.0. The molecular weight excluding hydrogens is 397 g/mol. The molecule has 3 aromatic rings. The number of carbonyl (C=O) groups is 1. The number of hydrogen-bond donors (Lipinski definition) is 1. The fourth-order valence-electron chi connectivity index (χ4n) is 2.60. The summed E-state index contributed by atoms with van der Waals surface area (Å²) in [6.07, 6.45) is 0. The predicted octanol–water partition coefficient (Wildman–Crippen LogP) is 6.14. The Balaban J connectivity index is 1.67. The summed E-state index contributed by atoms with van der Waals surface area (Å²) in [6.45, 7) is 2.22. The van der Waals surface area contributed by atoms with Gasteiger partial charge in [-0.2, -0.15) is 0 Å². The Morgan fingerprint density at radius 3 is 2.39 bits per heavy atom. The third-order valence-corrected chi connectivity index (χ3v) is 4.97. The molecule has 3 rings (SSSR count). The van der Waals surface area contributed by atoms with Crippen molar-refractivity contribution < 1.29 is 14.3 Å². The van der Waals surface area contributed by atoms with Crippen LogP contribution >= 0.6 is 23.2 Å². The minimum Gasteiger partial charge on any atom is -0.495 e. The largest absolute Gasteiger partial charge is 0.495 e. The van der Waals surface area contributed by atoms with E-state index in [4.69, 9.17) is 32.7 Å². The van der Waals surface area contributed by atoms with Crippen LogP contribution in [0.4, 0.5) is 5.69 Å². The van der Waals surface area contributed by atoms with Gasteiger partial charge in [0.2, 0.25) is 0 Å². The number of halogens is 2. The Bertz CT molecular complexity index is 988. The number of carbonyl (C=O) groups excluding carboxylic acids is 1. The summed E-state index contributed by atoms with van der Waals surface area (Å²) in [6, 6.07) is 17.9. The molecule has 0 radical (unpaired) electrons. The van der Waals surface area contributed by atoms with Gasteiger partial charge in [0.15, 0.2) is 0 Å². The number of amides is 1. The molecule has 0 saturated carbocycles. The molecule has 0 aromatic heterocycles. The van der Waals surface area contributed by atoms with Crippen LogP contribution in [-0.4, -0.2) is 13.0 Å². The lowest BCUT2D eigenvalue weighted by Crippen LogP contribution is -2.12. The molecule has 0 atom stereocenters. The molecule has 0 aliphatic heterocycles. The zero-order chi connectivity index (χ0) is 20.1. The first kappa shape index (κ1) is 20.1. The highest BCUT2D eigenvalue weighted by Crippen LogP contribution is 2.31. The molecule has 0 saturated heterocycles. The standard InChI is InChI=1S/C22H19Cl2NO3/c1-14-11-20(21(27-2)12-19(14)24)25-22(26)15-7-9-17(10-8-15)28-13-16-5-3-4-6-18(16)23/h3-12H,13H2,1-2H3,(H,25,26). The Morgan fingerprint density at radius 2 is 1.71 bits per heavy atom. The van der Waals surface area contributed by atoms with Crippen LogP contribution in [0.25, 0.3) is 0 Å². The number of benzene rings is 3. The minimum absolute atomic E-state index is 0.252. The van der Waals surface area contributed by atoms with E-state index in [0.29, 0.717) is 39.4 Å². The van der Waals surface area contributed by atoms with Crippen molar-refractivity contribution >= 4 is 34.8 Å². The maximum atomic E-state index is 12.6. The minimum atomic E-state index is -0.252. The Labute approximate surface area is 174 Å². The number of nitrogens with one attached hydrogen (secondary N) is 1. The highest BCUT2D eigenvalue weighted by molar-refractivity contribution is 6.31. The van der Waals surface area contributed by atoms with Gasteiger partial charge in [0, 0.05) is 27.2 Å². The molecule has 0 aliphatic rings. The highest BCUT2D eigenvalue weighted by atomic mass is 35.5. The van der Waals surface area contributed by atoms with Crippen LogP contribution in [-0.2, 0) is 6.61 Å². The van der Waals surface area contributed by atoms with Crippen molar-refractivity contribution in [1.82, 2.24) is 0 Å². The third kappa shape index (κ3) is 4.77. The summed E-state index contributed by atoms with van der Waals surface area (Å²) in [5.41, 5.74) is 2.81. The topological polar surface area (TPSA) is 47.6 Å². The van der Waals surface area contributed by atoms with Crippen molar-refractivity contribution in [3.63, 3.8) is 0 Å². The van der Waals surface area contributed by atoms with Crippen molar-refractivity contribution in [3.8, 4) is 11.5 Å². The van der Waals surface area contributed by atoms with Crippen LogP contribution in [0.3, 0.4) is 0 Å². The predicted molar refractivity (Wildman–Crippen MR) is 113 cm³/mol. The molecule has 3 aromatic carbocycles. The molecule has 0 heterocycles. The van der Waals surface area contributed by atoms with E-state index in [0.717, 1.165) is 11.1 Å². The number of aryl methyl sites for hydroxylation is 1. The molecule has 0 fully saturated rings. The Hall–Kier alpha value is -2.69. The lowest BCUT2D eigenvalue weighted by atomic mass is 10.1. The number of methoxy groups -OCH3 is 1. The van der Waals surface area contributed by atoms with Crippen molar-refractivity contribution in [2.45, 2.75) is 13.5 Å². The maximum Gasteiger partial charge on any atom is 0.255 e. The molecule has 0 aliphatic carbocycles. The van der Waals surface area contributed by atoms with E-state index in [1.54, 1.807) is 36.4 Å². The first-order chi connectivity index (χ1) is 13.5. The number of hydrogen-bond acceptors (Lipinski definition) is 3. The quantitative estimate of drug-likeness (QED) is 0.525. The molecule has 0 unspecified atom stereocenters. The van der Waals surface area contributed by atoms with E-state index in [2.05, 4.69) is 5.32 Å². The number of ether oxygens (including phenoxy) is 2. The van der Waals surface area contributed by atoms with Crippen LogP contribution < -0.4 is 14.8 Å². The average molecular weight is 416 g/mol. The van der Waals surface area contributed by atoms with E-state index in [1.807, 2.05) is 31.2 Å². The van der Waals surface area contributed by atoms with Crippen molar-refractivity contribution in [2.75, 3.05) is 12.4 Å². The molecule has 0 bridgehead atoms. The van der Waals surface area contributed by atoms with Gasteiger partial charge in [-0.05, 0) is 48.9 Å². The van der Waals surface area contributed by atoms with Gasteiger partial charge >= 0.3 is 0 Å². The first-order valence-corrected chi connectivity index (χ1v) is 9.35. The van der Waals surface area contributed by atoms with Crippen molar-refractivity contribution in [1.29, 1.82) is 0 Å². The Morgan fingerprint density at radius 1 is 1.00 bits per heavy atom. The molecule has 0 spiro atoms. The second kappa shape index (κ2) is 9.00. The monoisotopic (exact) mass is 415 g/mol. The molecule has 4 nitrogen and oxygen atoms in total. The maximum absolute atomic E-state index is 12.6. The van der Waals surface area contributed by atoms with Gasteiger partial charge in [-0.15, -0.1) is 0 Å². The molecular formula is C22H19Cl2NO3. The van der Waals surface area contributed by atoms with E-state index < -0.39 is 0 Å². The lowest BCUT2D eigenvalue weighted by Gasteiger charge is -2.13. The van der Waals surface area contributed by atoms with E-state index in [1.165, 1.54) is 7.11 Å².